The first-order valence-electron chi connectivity index (χ1n) is 8.43. The van der Waals surface area contributed by atoms with Crippen LogP contribution in [-0.4, -0.2) is 13.5 Å². The van der Waals surface area contributed by atoms with Crippen molar-refractivity contribution in [1.29, 1.82) is 0 Å². The minimum atomic E-state index is -3.84. The van der Waals surface area contributed by atoms with Crippen LogP contribution in [0.3, 0.4) is 0 Å². The van der Waals surface area contributed by atoms with Crippen LogP contribution in [0.15, 0.2) is 95.9 Å². The Morgan fingerprint density at radius 3 is 2.15 bits per heavy atom. The summed E-state index contributed by atoms with van der Waals surface area (Å²) in [6.45, 7) is 0. The molecular weight excluding hydrogens is 358 g/mol. The molecule has 4 rings (SSSR count). The molecule has 0 bridgehead atoms. The Morgan fingerprint density at radius 1 is 0.667 bits per heavy atom. The Labute approximate surface area is 157 Å². The Bertz CT molecular complexity index is 1220. The van der Waals surface area contributed by atoms with Crippen molar-refractivity contribution in [3.63, 3.8) is 0 Å². The molecule has 0 radical (unpaired) electrons. The molecule has 134 valence electrons. The van der Waals surface area contributed by atoms with Gasteiger partial charge in [-0.1, -0.05) is 66.7 Å². The van der Waals surface area contributed by atoms with Gasteiger partial charge in [-0.05, 0) is 46.2 Å². The minimum Gasteiger partial charge on any atom is -0.506 e. The van der Waals surface area contributed by atoms with Crippen LogP contribution in [0.25, 0.3) is 21.9 Å². The lowest BCUT2D eigenvalue weighted by Crippen LogP contribution is -2.13. The number of hydrogen-bond acceptors (Lipinski definition) is 3. The van der Waals surface area contributed by atoms with Crippen molar-refractivity contribution in [3.05, 3.63) is 91.0 Å². The fraction of sp³-hybridized carbons (Fsp3) is 0. The summed E-state index contributed by atoms with van der Waals surface area (Å²) in [4.78, 5) is 0.144. The van der Waals surface area contributed by atoms with E-state index in [1.807, 2.05) is 54.6 Å². The molecule has 4 aromatic rings. The molecule has 0 aliphatic rings. The van der Waals surface area contributed by atoms with Crippen molar-refractivity contribution in [2.24, 2.45) is 0 Å². The summed E-state index contributed by atoms with van der Waals surface area (Å²) in [7, 11) is -3.84. The van der Waals surface area contributed by atoms with E-state index in [1.165, 1.54) is 6.07 Å². The first kappa shape index (κ1) is 17.1. The first-order chi connectivity index (χ1) is 13.0. The maximum Gasteiger partial charge on any atom is 0.262 e. The molecule has 0 aliphatic carbocycles. The average Bonchev–Trinajstić information content (AvgIpc) is 2.70. The predicted molar refractivity (Wildman–Crippen MR) is 108 cm³/mol. The second-order valence-corrected chi connectivity index (χ2v) is 7.89. The van der Waals surface area contributed by atoms with Gasteiger partial charge in [0.2, 0.25) is 0 Å². The van der Waals surface area contributed by atoms with Crippen LogP contribution in [-0.2, 0) is 10.0 Å². The third-order valence-electron chi connectivity index (χ3n) is 4.38. The van der Waals surface area contributed by atoms with Gasteiger partial charge in [0.15, 0.2) is 0 Å². The molecule has 2 N–H and O–H groups in total. The van der Waals surface area contributed by atoms with Gasteiger partial charge < -0.3 is 5.11 Å². The van der Waals surface area contributed by atoms with Crippen LogP contribution in [0.2, 0.25) is 0 Å². The highest BCUT2D eigenvalue weighted by Gasteiger charge is 2.17. The molecule has 0 atom stereocenters. The molecule has 4 nitrogen and oxygen atoms in total. The lowest BCUT2D eigenvalue weighted by atomic mass is 10.1. The van der Waals surface area contributed by atoms with Gasteiger partial charge in [0.1, 0.15) is 5.75 Å². The van der Waals surface area contributed by atoms with Crippen molar-refractivity contribution in [3.8, 4) is 16.9 Å². The molecule has 0 fully saturated rings. The van der Waals surface area contributed by atoms with Gasteiger partial charge >= 0.3 is 0 Å². The third-order valence-corrected chi connectivity index (χ3v) is 5.74. The number of phenols is 1. The molecule has 5 heteroatoms. The molecule has 0 heterocycles. The predicted octanol–water partition coefficient (Wildman–Crippen LogP) is 5.01. The number of hydrogen-bond donors (Lipinski definition) is 2. The molecule has 0 aromatic heterocycles. The number of fused-ring (bicyclic) bond motifs is 1. The number of phenolic OH excluding ortho intramolecular Hbond substituents is 1. The zero-order valence-corrected chi connectivity index (χ0v) is 15.1. The number of sulfonamides is 1. The summed E-state index contributed by atoms with van der Waals surface area (Å²) < 4.78 is 28.1. The number of anilines is 1. The monoisotopic (exact) mass is 375 g/mol. The molecule has 0 saturated heterocycles. The van der Waals surface area contributed by atoms with Gasteiger partial charge in [-0.25, -0.2) is 8.42 Å². The number of nitrogens with one attached hydrogen (secondary N) is 1. The largest absolute Gasteiger partial charge is 0.506 e. The van der Waals surface area contributed by atoms with Gasteiger partial charge in [-0.15, -0.1) is 0 Å². The Kier molecular flexibility index (Phi) is 4.30. The van der Waals surface area contributed by atoms with Crippen molar-refractivity contribution < 1.29 is 13.5 Å². The van der Waals surface area contributed by atoms with E-state index in [4.69, 9.17) is 0 Å². The average molecular weight is 375 g/mol. The van der Waals surface area contributed by atoms with Crippen LogP contribution >= 0.6 is 0 Å². The fourth-order valence-electron chi connectivity index (χ4n) is 2.97. The Hall–Kier alpha value is -3.31. The van der Waals surface area contributed by atoms with E-state index in [0.717, 1.165) is 21.9 Å². The summed E-state index contributed by atoms with van der Waals surface area (Å²) >= 11 is 0. The first-order valence-corrected chi connectivity index (χ1v) is 9.91. The smallest absolute Gasteiger partial charge is 0.262 e. The van der Waals surface area contributed by atoms with Crippen LogP contribution in [0.1, 0.15) is 0 Å². The maximum atomic E-state index is 12.8. The zero-order chi connectivity index (χ0) is 18.9. The van der Waals surface area contributed by atoms with Gasteiger partial charge in [-0.2, -0.15) is 0 Å². The molecule has 27 heavy (non-hydrogen) atoms. The fourth-order valence-corrected chi connectivity index (χ4v) is 4.07. The highest BCUT2D eigenvalue weighted by molar-refractivity contribution is 7.92. The molecule has 4 aromatic carbocycles. The standard InChI is InChI=1S/C22H17NO3S/c24-22-13-11-19(16-6-2-1-3-7-16)15-21(22)23-27(25,26)20-12-10-17-8-4-5-9-18(17)14-20/h1-15,23-24H. The highest BCUT2D eigenvalue weighted by Crippen LogP contribution is 2.31. The van der Waals surface area contributed by atoms with E-state index in [1.54, 1.807) is 30.3 Å². The second kappa shape index (κ2) is 6.78. The van der Waals surface area contributed by atoms with Crippen LogP contribution in [0.5, 0.6) is 5.75 Å². The van der Waals surface area contributed by atoms with E-state index in [9.17, 15) is 13.5 Å². The van der Waals surface area contributed by atoms with E-state index in [0.29, 0.717) is 0 Å². The SMILES string of the molecule is O=S(=O)(Nc1cc(-c2ccccc2)ccc1O)c1ccc2ccccc2c1. The minimum absolute atomic E-state index is 0.126. The number of rotatable bonds is 4. The van der Waals surface area contributed by atoms with Crippen molar-refractivity contribution in [2.45, 2.75) is 4.90 Å². The zero-order valence-electron chi connectivity index (χ0n) is 14.3. The van der Waals surface area contributed by atoms with Gasteiger partial charge in [0.05, 0.1) is 10.6 Å². The van der Waals surface area contributed by atoms with Gasteiger partial charge in [0, 0.05) is 0 Å². The lowest BCUT2D eigenvalue weighted by molar-refractivity contribution is 0.477. The van der Waals surface area contributed by atoms with Crippen molar-refractivity contribution in [1.82, 2.24) is 0 Å². The molecule has 0 unspecified atom stereocenters. The number of benzene rings is 4. The van der Waals surface area contributed by atoms with Crippen LogP contribution in [0, 0.1) is 0 Å². The summed E-state index contributed by atoms with van der Waals surface area (Å²) in [5.41, 5.74) is 1.89. The summed E-state index contributed by atoms with van der Waals surface area (Å²) in [5, 5.41) is 11.9. The van der Waals surface area contributed by atoms with E-state index >= 15 is 0 Å². The second-order valence-electron chi connectivity index (χ2n) is 6.21. The molecule has 0 amide bonds. The summed E-state index contributed by atoms with van der Waals surface area (Å²) in [6.07, 6.45) is 0. The topological polar surface area (TPSA) is 66.4 Å². The molecule has 0 spiro atoms. The van der Waals surface area contributed by atoms with E-state index < -0.39 is 10.0 Å². The Balaban J connectivity index is 1.71. The summed E-state index contributed by atoms with van der Waals surface area (Å²) in [6, 6.07) is 26.9. The Morgan fingerprint density at radius 2 is 1.37 bits per heavy atom. The lowest BCUT2D eigenvalue weighted by Gasteiger charge is -2.12. The van der Waals surface area contributed by atoms with Crippen molar-refractivity contribution in [2.75, 3.05) is 4.72 Å². The van der Waals surface area contributed by atoms with Crippen molar-refractivity contribution >= 4 is 26.5 Å². The third kappa shape index (κ3) is 3.50. The number of aromatic hydroxyl groups is 1. The molecule has 0 saturated carbocycles. The van der Waals surface area contributed by atoms with E-state index in [-0.39, 0.29) is 16.3 Å². The maximum absolute atomic E-state index is 12.8. The quantitative estimate of drug-likeness (QED) is 0.493. The van der Waals surface area contributed by atoms with E-state index in [2.05, 4.69) is 4.72 Å². The molecular formula is C22H17NO3S. The van der Waals surface area contributed by atoms with Crippen LogP contribution in [0.4, 0.5) is 5.69 Å². The highest BCUT2D eigenvalue weighted by atomic mass is 32.2. The van der Waals surface area contributed by atoms with Gasteiger partial charge in [0.25, 0.3) is 10.0 Å². The normalized spacial score (nSPS) is 11.4. The van der Waals surface area contributed by atoms with Gasteiger partial charge in [-0.3, -0.25) is 4.72 Å². The van der Waals surface area contributed by atoms with Crippen LogP contribution < -0.4 is 4.72 Å². The molecule has 0 aliphatic heterocycles. The summed E-state index contributed by atoms with van der Waals surface area (Å²) in [5.74, 6) is -0.126.